The average Bonchev–Trinajstić information content (AvgIpc) is 2.56. The fourth-order valence-electron chi connectivity index (χ4n) is 1.91. The van der Waals surface area contributed by atoms with Crippen molar-refractivity contribution in [3.8, 4) is 0 Å². The number of rotatable bonds is 11. The van der Waals surface area contributed by atoms with Gasteiger partial charge in [-0.3, -0.25) is 9.59 Å². The van der Waals surface area contributed by atoms with Crippen LogP contribution in [0.4, 0.5) is 0 Å². The first kappa shape index (κ1) is 29.2. The number of carboxylic acids is 2. The van der Waals surface area contributed by atoms with Gasteiger partial charge in [0.2, 0.25) is 0 Å². The van der Waals surface area contributed by atoms with E-state index in [1.165, 1.54) is 5.28 Å². The zero-order valence-corrected chi connectivity index (χ0v) is 18.5. The van der Waals surface area contributed by atoms with Crippen LogP contribution < -0.4 is 0 Å². The smallest absolute Gasteiger partial charge is 0.306 e. The number of hydrogen-bond donors (Lipinski definition) is 2. The lowest BCUT2D eigenvalue weighted by molar-refractivity contribution is -0.143. The summed E-state index contributed by atoms with van der Waals surface area (Å²) in [5.74, 6) is -0.660. The first-order valence-corrected chi connectivity index (χ1v) is 10.7. The van der Waals surface area contributed by atoms with Gasteiger partial charge in [0.25, 0.3) is 0 Å². The lowest BCUT2D eigenvalue weighted by atomic mass is 10.00. The summed E-state index contributed by atoms with van der Waals surface area (Å²) >= 11 is 2.69. The lowest BCUT2D eigenvalue weighted by Crippen LogP contribution is -2.11. The molecule has 0 aliphatic carbocycles. The molecular formula is C20H41AlO4. The van der Waals surface area contributed by atoms with E-state index in [2.05, 4.69) is 44.0 Å². The third-order valence-corrected chi connectivity index (χ3v) is 4.91. The van der Waals surface area contributed by atoms with Gasteiger partial charge in [-0.2, -0.15) is 0 Å². The van der Waals surface area contributed by atoms with Crippen LogP contribution in [0.1, 0.15) is 92.9 Å². The van der Waals surface area contributed by atoms with Crippen LogP contribution in [0.5, 0.6) is 0 Å². The van der Waals surface area contributed by atoms with Gasteiger partial charge in [0, 0.05) is 0 Å². The molecule has 0 heterocycles. The Morgan fingerprint density at radius 2 is 1.08 bits per heavy atom. The van der Waals surface area contributed by atoms with Gasteiger partial charge < -0.3 is 10.2 Å². The molecule has 0 saturated heterocycles. The molecule has 0 spiro atoms. The van der Waals surface area contributed by atoms with Crippen LogP contribution in [0.2, 0.25) is 5.28 Å². The van der Waals surface area contributed by atoms with E-state index < -0.39 is 11.9 Å². The fraction of sp³-hybridized carbons (Fsp3) is 0.900. The first-order chi connectivity index (χ1) is 11.7. The number of unbranched alkanes of at least 4 members (excludes halogenated alkanes) is 2. The topological polar surface area (TPSA) is 74.6 Å². The van der Waals surface area contributed by atoms with Gasteiger partial charge in [0.15, 0.2) is 0 Å². The summed E-state index contributed by atoms with van der Waals surface area (Å²) < 4.78 is 0. The van der Waals surface area contributed by atoms with Gasteiger partial charge in [-0.1, -0.05) is 73.1 Å². The van der Waals surface area contributed by atoms with E-state index in [4.69, 9.17) is 10.2 Å². The monoisotopic (exact) mass is 372 g/mol. The van der Waals surface area contributed by atoms with Crippen molar-refractivity contribution < 1.29 is 19.8 Å². The van der Waals surface area contributed by atoms with E-state index >= 15 is 0 Å². The highest BCUT2D eigenvalue weighted by Crippen LogP contribution is 2.12. The Morgan fingerprint density at radius 1 is 0.800 bits per heavy atom. The molecule has 0 aromatic rings. The van der Waals surface area contributed by atoms with Gasteiger partial charge in [-0.15, -0.1) is 5.28 Å². The second-order valence-electron chi connectivity index (χ2n) is 6.80. The molecule has 2 radical (unpaired) electrons. The van der Waals surface area contributed by atoms with Crippen LogP contribution in [-0.4, -0.2) is 38.4 Å². The van der Waals surface area contributed by atoms with Gasteiger partial charge in [0.1, 0.15) is 16.3 Å². The van der Waals surface area contributed by atoms with Crippen LogP contribution >= 0.6 is 0 Å². The van der Waals surface area contributed by atoms with Crippen LogP contribution in [-0.2, 0) is 9.59 Å². The zero-order valence-electron chi connectivity index (χ0n) is 17.4. The minimum Gasteiger partial charge on any atom is -0.481 e. The minimum atomic E-state index is -0.643. The van der Waals surface area contributed by atoms with Crippen LogP contribution in [0, 0.1) is 17.8 Å². The maximum Gasteiger partial charge on any atom is 0.306 e. The summed E-state index contributed by atoms with van der Waals surface area (Å²) in [5, 5.41) is 18.4. The summed E-state index contributed by atoms with van der Waals surface area (Å²) in [6.45, 7) is 12.4. The van der Waals surface area contributed by atoms with Crippen molar-refractivity contribution in [3.63, 3.8) is 0 Å². The molecule has 25 heavy (non-hydrogen) atoms. The minimum absolute atomic E-state index is 0.111. The predicted molar refractivity (Wildman–Crippen MR) is 107 cm³/mol. The predicted octanol–water partition coefficient (Wildman–Crippen LogP) is 5.80. The molecule has 0 aliphatic rings. The Morgan fingerprint density at radius 3 is 1.20 bits per heavy atom. The van der Waals surface area contributed by atoms with Crippen molar-refractivity contribution in [2.75, 3.05) is 0 Å². The normalized spacial score (nSPS) is 12.3. The third-order valence-electron chi connectivity index (χ3n) is 3.97. The van der Waals surface area contributed by atoms with E-state index in [-0.39, 0.29) is 11.8 Å². The highest BCUT2D eigenvalue weighted by Gasteiger charge is 2.13. The van der Waals surface area contributed by atoms with E-state index in [9.17, 15) is 9.59 Å². The summed E-state index contributed by atoms with van der Waals surface area (Å²) in [7, 11) is 0. The molecule has 0 aromatic heterocycles. The van der Waals surface area contributed by atoms with Gasteiger partial charge in [-0.25, -0.2) is 0 Å². The van der Waals surface area contributed by atoms with Crippen molar-refractivity contribution in [3.05, 3.63) is 0 Å². The third kappa shape index (κ3) is 23.5. The summed E-state index contributed by atoms with van der Waals surface area (Å²) in [4.78, 5) is 20.9. The first-order valence-electron chi connectivity index (χ1n) is 9.87. The molecule has 148 valence electrons. The van der Waals surface area contributed by atoms with E-state index in [1.807, 2.05) is 13.8 Å². The second-order valence-corrected chi connectivity index (χ2v) is 7.27. The molecule has 4 nitrogen and oxygen atoms in total. The molecule has 0 saturated carbocycles. The Balaban J connectivity index is -0.000000308. The molecule has 0 bridgehead atoms. The van der Waals surface area contributed by atoms with Gasteiger partial charge in [0.05, 0.1) is 11.8 Å². The zero-order chi connectivity index (χ0) is 20.3. The number of aliphatic carboxylic acids is 2. The van der Waals surface area contributed by atoms with E-state index in [0.29, 0.717) is 0 Å². The van der Waals surface area contributed by atoms with Crippen LogP contribution in [0.25, 0.3) is 0 Å². The summed E-state index contributed by atoms with van der Waals surface area (Å²) in [6, 6.07) is 0. The largest absolute Gasteiger partial charge is 0.481 e. The standard InChI is InChI=1S/2C8H16O2.C4H9.Al/c2*1-3-5-6-7(4-2)8(9)10;1-4(2)3;/h2*7H,3-6H2,1-2H3,(H,9,10);4H,1H2,2-3H3;. The molecule has 0 rings (SSSR count). The molecular weight excluding hydrogens is 331 g/mol. The Labute approximate surface area is 164 Å². The van der Waals surface area contributed by atoms with Crippen molar-refractivity contribution in [2.24, 2.45) is 17.8 Å². The second kappa shape index (κ2) is 21.5. The maximum absolute atomic E-state index is 10.4. The molecule has 0 aliphatic heterocycles. The Kier molecular flexibility index (Phi) is 25.2. The number of carbonyl (C=O) groups is 2. The molecule has 2 unspecified atom stereocenters. The van der Waals surface area contributed by atoms with Crippen molar-refractivity contribution in [1.82, 2.24) is 0 Å². The molecule has 0 amide bonds. The van der Waals surface area contributed by atoms with Crippen LogP contribution in [0.3, 0.4) is 0 Å². The summed E-state index contributed by atoms with van der Waals surface area (Å²) in [5.41, 5.74) is 0. The Bertz CT molecular complexity index is 280. The fourth-order valence-corrected chi connectivity index (χ4v) is 1.91. The van der Waals surface area contributed by atoms with Gasteiger partial charge >= 0.3 is 11.9 Å². The molecule has 2 N–H and O–H groups in total. The maximum atomic E-state index is 10.4. The highest BCUT2D eigenvalue weighted by molar-refractivity contribution is 6.08. The number of hydrogen-bond acceptors (Lipinski definition) is 2. The number of carboxylic acid groups (broad SMARTS) is 2. The van der Waals surface area contributed by atoms with Crippen molar-refractivity contribution >= 4 is 28.2 Å². The lowest BCUT2D eigenvalue weighted by Gasteiger charge is -2.06. The average molecular weight is 373 g/mol. The van der Waals surface area contributed by atoms with Crippen LogP contribution in [0.15, 0.2) is 0 Å². The highest BCUT2D eigenvalue weighted by atomic mass is 27.0. The van der Waals surface area contributed by atoms with E-state index in [0.717, 1.165) is 57.3 Å². The molecule has 5 heteroatoms. The van der Waals surface area contributed by atoms with Crippen molar-refractivity contribution in [1.29, 1.82) is 0 Å². The van der Waals surface area contributed by atoms with Crippen molar-refractivity contribution in [2.45, 2.75) is 98.2 Å². The van der Waals surface area contributed by atoms with Gasteiger partial charge in [-0.05, 0) is 25.7 Å². The SMILES string of the molecule is CC(C)[CH2][Al].CCCCC(CC)C(=O)O.CCCCC(CC)C(=O)O. The summed E-state index contributed by atoms with van der Waals surface area (Å²) in [6.07, 6.45) is 7.43. The Hall–Kier alpha value is -0.528. The molecule has 0 fully saturated rings. The van der Waals surface area contributed by atoms with E-state index in [1.54, 1.807) is 0 Å². The molecule has 0 aromatic carbocycles. The molecule has 2 atom stereocenters. The quantitative estimate of drug-likeness (QED) is 0.449.